The number of pyridine rings is 1. The highest BCUT2D eigenvalue weighted by Crippen LogP contribution is 2.33. The standard InChI is InChI=1S/C37H24N4/c1-2-9-25(10-3-1)26-16-18-28(19-17-26)37-39-32-13-6-4-11-30(32)35(40-37)27-20-22-29(23-21-27)41-33-14-7-5-12-31(33)36-34(41)15-8-24-38-36/h1-24H. The molecule has 0 fully saturated rings. The SMILES string of the molecule is c1ccc(-c2ccc(-c3nc(-c4ccc(-n5c6ccccc6c6ncccc65)cc4)c4ccccc4n3)cc2)cc1. The Balaban J connectivity index is 1.23. The molecule has 4 nitrogen and oxygen atoms in total. The number of aromatic nitrogens is 4. The van der Waals surface area contributed by atoms with Crippen molar-refractivity contribution < 1.29 is 0 Å². The van der Waals surface area contributed by atoms with Crippen LogP contribution in [-0.2, 0) is 0 Å². The first-order valence-electron chi connectivity index (χ1n) is 13.7. The fourth-order valence-corrected chi connectivity index (χ4v) is 5.70. The average molecular weight is 525 g/mol. The lowest BCUT2D eigenvalue weighted by Crippen LogP contribution is -1.97. The molecule has 0 radical (unpaired) electrons. The molecule has 3 aromatic heterocycles. The van der Waals surface area contributed by atoms with Crippen LogP contribution in [0.2, 0.25) is 0 Å². The Morgan fingerprint density at radius 2 is 1.07 bits per heavy atom. The van der Waals surface area contributed by atoms with Gasteiger partial charge in [-0.1, -0.05) is 103 Å². The van der Waals surface area contributed by atoms with Crippen LogP contribution in [0.5, 0.6) is 0 Å². The predicted molar refractivity (Wildman–Crippen MR) is 168 cm³/mol. The molecule has 41 heavy (non-hydrogen) atoms. The summed E-state index contributed by atoms with van der Waals surface area (Å²) in [5, 5.41) is 2.18. The summed E-state index contributed by atoms with van der Waals surface area (Å²) in [6, 6.07) is 48.3. The van der Waals surface area contributed by atoms with Gasteiger partial charge in [0.1, 0.15) is 0 Å². The third-order valence-corrected chi connectivity index (χ3v) is 7.68. The number of para-hydroxylation sites is 2. The second-order valence-electron chi connectivity index (χ2n) is 10.1. The van der Waals surface area contributed by atoms with Crippen molar-refractivity contribution >= 4 is 32.8 Å². The monoisotopic (exact) mass is 524 g/mol. The van der Waals surface area contributed by atoms with Crippen LogP contribution in [0, 0.1) is 0 Å². The highest BCUT2D eigenvalue weighted by molar-refractivity contribution is 6.07. The molecule has 0 spiro atoms. The van der Waals surface area contributed by atoms with Crippen LogP contribution in [0.3, 0.4) is 0 Å². The highest BCUT2D eigenvalue weighted by atomic mass is 15.0. The quantitative estimate of drug-likeness (QED) is 0.231. The molecule has 8 rings (SSSR count). The van der Waals surface area contributed by atoms with Crippen molar-refractivity contribution in [3.05, 3.63) is 146 Å². The number of rotatable bonds is 4. The van der Waals surface area contributed by atoms with E-state index in [0.717, 1.165) is 61.2 Å². The summed E-state index contributed by atoms with van der Waals surface area (Å²) in [6.45, 7) is 0. The van der Waals surface area contributed by atoms with Crippen molar-refractivity contribution in [1.82, 2.24) is 19.5 Å². The van der Waals surface area contributed by atoms with Gasteiger partial charge in [-0.15, -0.1) is 0 Å². The second-order valence-corrected chi connectivity index (χ2v) is 10.1. The lowest BCUT2D eigenvalue weighted by Gasteiger charge is -2.12. The van der Waals surface area contributed by atoms with E-state index in [9.17, 15) is 0 Å². The smallest absolute Gasteiger partial charge is 0.160 e. The van der Waals surface area contributed by atoms with Crippen molar-refractivity contribution in [2.45, 2.75) is 0 Å². The van der Waals surface area contributed by atoms with Gasteiger partial charge in [-0.05, 0) is 47.5 Å². The first-order chi connectivity index (χ1) is 20.3. The third kappa shape index (κ3) is 3.97. The largest absolute Gasteiger partial charge is 0.308 e. The van der Waals surface area contributed by atoms with E-state index in [2.05, 4.69) is 125 Å². The zero-order chi connectivity index (χ0) is 27.2. The molecule has 0 atom stereocenters. The molecule has 5 aromatic carbocycles. The molecule has 0 saturated carbocycles. The van der Waals surface area contributed by atoms with Crippen LogP contribution in [-0.4, -0.2) is 19.5 Å². The number of hydrogen-bond donors (Lipinski definition) is 0. The van der Waals surface area contributed by atoms with Crippen molar-refractivity contribution in [2.24, 2.45) is 0 Å². The van der Waals surface area contributed by atoms with Gasteiger partial charge in [0, 0.05) is 33.8 Å². The summed E-state index contributed by atoms with van der Waals surface area (Å²) in [7, 11) is 0. The minimum absolute atomic E-state index is 0.718. The van der Waals surface area contributed by atoms with Crippen LogP contribution < -0.4 is 0 Å². The van der Waals surface area contributed by atoms with E-state index in [0.29, 0.717) is 0 Å². The van der Waals surface area contributed by atoms with E-state index < -0.39 is 0 Å². The molecule has 0 N–H and O–H groups in total. The Morgan fingerprint density at radius 3 is 1.90 bits per heavy atom. The van der Waals surface area contributed by atoms with Gasteiger partial charge in [0.05, 0.1) is 27.8 Å². The van der Waals surface area contributed by atoms with E-state index in [-0.39, 0.29) is 0 Å². The fourth-order valence-electron chi connectivity index (χ4n) is 5.70. The van der Waals surface area contributed by atoms with Gasteiger partial charge in [-0.2, -0.15) is 0 Å². The van der Waals surface area contributed by atoms with Gasteiger partial charge in [-0.3, -0.25) is 4.98 Å². The summed E-state index contributed by atoms with van der Waals surface area (Å²) >= 11 is 0. The molecule has 8 aromatic rings. The number of fused-ring (bicyclic) bond motifs is 4. The lowest BCUT2D eigenvalue weighted by atomic mass is 10.0. The molecular weight excluding hydrogens is 500 g/mol. The molecule has 0 amide bonds. The topological polar surface area (TPSA) is 43.6 Å². The Morgan fingerprint density at radius 1 is 0.439 bits per heavy atom. The van der Waals surface area contributed by atoms with Crippen molar-refractivity contribution in [3.8, 4) is 39.5 Å². The van der Waals surface area contributed by atoms with E-state index in [1.54, 1.807) is 0 Å². The summed E-state index contributed by atoms with van der Waals surface area (Å²) in [5.41, 5.74) is 10.6. The maximum atomic E-state index is 5.11. The summed E-state index contributed by atoms with van der Waals surface area (Å²) in [5.74, 6) is 0.718. The van der Waals surface area contributed by atoms with Crippen LogP contribution >= 0.6 is 0 Å². The maximum absolute atomic E-state index is 5.11. The van der Waals surface area contributed by atoms with Gasteiger partial charge < -0.3 is 4.57 Å². The number of nitrogens with zero attached hydrogens (tertiary/aromatic N) is 4. The molecule has 4 heteroatoms. The van der Waals surface area contributed by atoms with E-state index in [1.807, 2.05) is 30.5 Å². The molecule has 3 heterocycles. The zero-order valence-electron chi connectivity index (χ0n) is 22.1. The summed E-state index contributed by atoms with van der Waals surface area (Å²) in [6.07, 6.45) is 1.86. The van der Waals surface area contributed by atoms with Crippen LogP contribution in [0.4, 0.5) is 0 Å². The molecule has 192 valence electrons. The molecule has 0 saturated heterocycles. The second kappa shape index (κ2) is 9.54. The predicted octanol–water partition coefficient (Wildman–Crippen LogP) is 9.12. The van der Waals surface area contributed by atoms with Gasteiger partial charge in [-0.25, -0.2) is 9.97 Å². The highest BCUT2D eigenvalue weighted by Gasteiger charge is 2.15. The van der Waals surface area contributed by atoms with Gasteiger partial charge in [0.25, 0.3) is 0 Å². The van der Waals surface area contributed by atoms with Gasteiger partial charge in [0.15, 0.2) is 5.82 Å². The van der Waals surface area contributed by atoms with E-state index in [4.69, 9.17) is 9.97 Å². The molecule has 0 aliphatic carbocycles. The molecular formula is C37H24N4. The third-order valence-electron chi connectivity index (χ3n) is 7.68. The first-order valence-corrected chi connectivity index (χ1v) is 13.7. The Labute approximate surface area is 237 Å². The normalized spacial score (nSPS) is 11.4. The first kappa shape index (κ1) is 23.3. The summed E-state index contributed by atoms with van der Waals surface area (Å²) < 4.78 is 2.28. The average Bonchev–Trinajstić information content (AvgIpc) is 3.39. The van der Waals surface area contributed by atoms with Crippen molar-refractivity contribution in [1.29, 1.82) is 0 Å². The molecule has 0 aliphatic rings. The minimum atomic E-state index is 0.718. The number of benzene rings is 5. The van der Waals surface area contributed by atoms with Gasteiger partial charge >= 0.3 is 0 Å². The maximum Gasteiger partial charge on any atom is 0.160 e. The van der Waals surface area contributed by atoms with Crippen molar-refractivity contribution in [2.75, 3.05) is 0 Å². The Bertz CT molecular complexity index is 2130. The lowest BCUT2D eigenvalue weighted by molar-refractivity contribution is 1.17. The van der Waals surface area contributed by atoms with E-state index in [1.165, 1.54) is 11.1 Å². The van der Waals surface area contributed by atoms with Crippen LogP contribution in [0.25, 0.3) is 72.3 Å². The molecule has 0 bridgehead atoms. The van der Waals surface area contributed by atoms with E-state index >= 15 is 0 Å². The molecule has 0 unspecified atom stereocenters. The van der Waals surface area contributed by atoms with Crippen LogP contribution in [0.15, 0.2) is 146 Å². The van der Waals surface area contributed by atoms with Crippen molar-refractivity contribution in [3.63, 3.8) is 0 Å². The van der Waals surface area contributed by atoms with Gasteiger partial charge in [0.2, 0.25) is 0 Å². The fraction of sp³-hybridized carbons (Fsp3) is 0. The minimum Gasteiger partial charge on any atom is -0.308 e. The zero-order valence-corrected chi connectivity index (χ0v) is 22.1. The Kier molecular flexibility index (Phi) is 5.42. The Hall–Kier alpha value is -5.61. The van der Waals surface area contributed by atoms with Crippen LogP contribution in [0.1, 0.15) is 0 Å². The summed E-state index contributed by atoms with van der Waals surface area (Å²) in [4.78, 5) is 14.7. The number of hydrogen-bond acceptors (Lipinski definition) is 3. The molecule has 0 aliphatic heterocycles.